The van der Waals surface area contributed by atoms with E-state index in [1.807, 2.05) is 19.1 Å². The lowest BCUT2D eigenvalue weighted by Crippen LogP contribution is -2.58. The SMILES string of the molecule is CC(=O)/C=C/C(=O)/C(C)=C/C=C/C(C)=C1\C(=O)C[C@H]2[C@]3(C)CC[C@H](OC(C)=O)C(C)(C)[C@@H]3CC[C@]12C. The summed E-state index contributed by atoms with van der Waals surface area (Å²) in [5.74, 6) is 0.268. The molecule has 0 N–H and O–H groups in total. The van der Waals surface area contributed by atoms with E-state index >= 15 is 0 Å². The van der Waals surface area contributed by atoms with E-state index in [-0.39, 0.29) is 51.6 Å². The monoisotopic (exact) mass is 494 g/mol. The molecule has 3 fully saturated rings. The molecule has 5 heteroatoms. The fourth-order valence-corrected chi connectivity index (χ4v) is 7.80. The first kappa shape index (κ1) is 28.0. The van der Waals surface area contributed by atoms with Gasteiger partial charge in [-0.2, -0.15) is 0 Å². The van der Waals surface area contributed by atoms with Crippen LogP contribution in [-0.2, 0) is 23.9 Å². The summed E-state index contributed by atoms with van der Waals surface area (Å²) in [6.07, 6.45) is 12.2. The van der Waals surface area contributed by atoms with Gasteiger partial charge >= 0.3 is 5.97 Å². The van der Waals surface area contributed by atoms with Crippen molar-refractivity contribution in [3.63, 3.8) is 0 Å². The Bertz CT molecular complexity index is 1080. The van der Waals surface area contributed by atoms with E-state index in [0.717, 1.165) is 36.8 Å². The Morgan fingerprint density at radius 2 is 1.56 bits per heavy atom. The molecule has 196 valence electrons. The lowest BCUT2D eigenvalue weighted by atomic mass is 9.43. The van der Waals surface area contributed by atoms with Gasteiger partial charge in [0.25, 0.3) is 0 Å². The summed E-state index contributed by atoms with van der Waals surface area (Å²) in [5.41, 5.74) is 2.08. The Hall–Kier alpha value is -2.56. The molecule has 3 rings (SSSR count). The molecule has 0 spiro atoms. The predicted molar refractivity (Wildman–Crippen MR) is 141 cm³/mol. The third-order valence-corrected chi connectivity index (χ3v) is 9.48. The molecule has 0 radical (unpaired) electrons. The summed E-state index contributed by atoms with van der Waals surface area (Å²) < 4.78 is 5.75. The number of ether oxygens (including phenoxy) is 1. The van der Waals surface area contributed by atoms with Gasteiger partial charge in [0, 0.05) is 29.7 Å². The van der Waals surface area contributed by atoms with Gasteiger partial charge in [-0.15, -0.1) is 0 Å². The van der Waals surface area contributed by atoms with Crippen LogP contribution in [0.2, 0.25) is 0 Å². The molecule has 5 atom stereocenters. The second-order valence-corrected chi connectivity index (χ2v) is 12.2. The molecule has 0 aromatic carbocycles. The summed E-state index contributed by atoms with van der Waals surface area (Å²) in [6.45, 7) is 15.7. The molecular weight excluding hydrogens is 452 g/mol. The lowest BCUT2D eigenvalue weighted by Gasteiger charge is -2.62. The molecule has 0 saturated heterocycles. The Labute approximate surface area is 216 Å². The third kappa shape index (κ3) is 4.99. The van der Waals surface area contributed by atoms with Crippen molar-refractivity contribution in [1.82, 2.24) is 0 Å². The van der Waals surface area contributed by atoms with Crippen LogP contribution in [0.15, 0.2) is 47.1 Å². The first-order valence-electron chi connectivity index (χ1n) is 13.1. The second-order valence-electron chi connectivity index (χ2n) is 12.2. The lowest BCUT2D eigenvalue weighted by molar-refractivity contribution is -0.185. The quantitative estimate of drug-likeness (QED) is 0.247. The molecule has 0 aromatic heterocycles. The van der Waals surface area contributed by atoms with Crippen molar-refractivity contribution >= 4 is 23.3 Å². The molecule has 0 bridgehead atoms. The van der Waals surface area contributed by atoms with E-state index in [9.17, 15) is 19.2 Å². The summed E-state index contributed by atoms with van der Waals surface area (Å²) >= 11 is 0. The van der Waals surface area contributed by atoms with Gasteiger partial charge in [0.1, 0.15) is 6.10 Å². The summed E-state index contributed by atoms with van der Waals surface area (Å²) in [7, 11) is 0. The van der Waals surface area contributed by atoms with Crippen LogP contribution in [0.5, 0.6) is 0 Å². The number of fused-ring (bicyclic) bond motifs is 3. The fourth-order valence-electron chi connectivity index (χ4n) is 7.80. The smallest absolute Gasteiger partial charge is 0.302 e. The van der Waals surface area contributed by atoms with Crippen LogP contribution in [-0.4, -0.2) is 29.4 Å². The average Bonchev–Trinajstić information content (AvgIpc) is 3.05. The Balaban J connectivity index is 1.89. The zero-order chi connectivity index (χ0) is 27.1. The maximum Gasteiger partial charge on any atom is 0.302 e. The minimum atomic E-state index is -0.220. The van der Waals surface area contributed by atoms with Crippen LogP contribution in [0.1, 0.15) is 87.5 Å². The van der Waals surface area contributed by atoms with Crippen LogP contribution in [0, 0.1) is 28.1 Å². The van der Waals surface area contributed by atoms with Crippen molar-refractivity contribution in [3.05, 3.63) is 47.1 Å². The van der Waals surface area contributed by atoms with Crippen LogP contribution in [0.25, 0.3) is 0 Å². The Kier molecular flexibility index (Phi) is 7.83. The van der Waals surface area contributed by atoms with Gasteiger partial charge in [-0.25, -0.2) is 0 Å². The molecule has 3 aliphatic carbocycles. The maximum atomic E-state index is 13.5. The van der Waals surface area contributed by atoms with E-state index in [1.165, 1.54) is 26.0 Å². The minimum Gasteiger partial charge on any atom is -0.462 e. The number of esters is 1. The Morgan fingerprint density at radius 3 is 2.17 bits per heavy atom. The number of ketones is 3. The average molecular weight is 495 g/mol. The van der Waals surface area contributed by atoms with Gasteiger partial charge in [0.15, 0.2) is 17.3 Å². The first-order chi connectivity index (χ1) is 16.6. The van der Waals surface area contributed by atoms with Crippen molar-refractivity contribution in [2.45, 2.75) is 93.6 Å². The van der Waals surface area contributed by atoms with E-state index < -0.39 is 0 Å². The number of carbonyl (C=O) groups is 4. The van der Waals surface area contributed by atoms with Crippen LogP contribution in [0.3, 0.4) is 0 Å². The molecule has 0 unspecified atom stereocenters. The number of hydrogen-bond donors (Lipinski definition) is 0. The molecule has 3 saturated carbocycles. The predicted octanol–water partition coefficient (Wildman–Crippen LogP) is 6.28. The Morgan fingerprint density at radius 1 is 0.889 bits per heavy atom. The van der Waals surface area contributed by atoms with E-state index in [1.54, 1.807) is 13.0 Å². The number of allylic oxidation sites excluding steroid dienone is 8. The highest BCUT2D eigenvalue weighted by atomic mass is 16.5. The van der Waals surface area contributed by atoms with Gasteiger partial charge in [-0.3, -0.25) is 19.2 Å². The number of hydrogen-bond acceptors (Lipinski definition) is 5. The molecule has 0 aliphatic heterocycles. The van der Waals surface area contributed by atoms with Gasteiger partial charge in [0.05, 0.1) is 0 Å². The van der Waals surface area contributed by atoms with E-state index in [4.69, 9.17) is 4.74 Å². The van der Waals surface area contributed by atoms with Crippen LogP contribution >= 0.6 is 0 Å². The standard InChI is InChI=1S/C31H42O5/c1-19(23(34)13-12-21(3)32)10-9-11-20(2)28-24(35)18-26-30(7)17-15-27(36-22(4)33)29(5,6)25(30)14-16-31(26,28)8/h9-13,25-27H,14-18H2,1-8H3/b11-9+,13-12+,19-10+,28-20+/t25-,26-,27-,30+,31-/m0/s1. The van der Waals surface area contributed by atoms with Crippen molar-refractivity contribution in [2.75, 3.05) is 0 Å². The second kappa shape index (κ2) is 10.1. The topological polar surface area (TPSA) is 77.5 Å². The van der Waals surface area contributed by atoms with E-state index in [0.29, 0.717) is 17.9 Å². The van der Waals surface area contributed by atoms with Gasteiger partial charge in [-0.05, 0) is 87.0 Å². The molecule has 0 amide bonds. The molecular formula is C31H42O5. The summed E-state index contributed by atoms with van der Waals surface area (Å²) in [4.78, 5) is 48.4. The van der Waals surface area contributed by atoms with Gasteiger partial charge in [0.2, 0.25) is 0 Å². The van der Waals surface area contributed by atoms with Crippen molar-refractivity contribution in [3.8, 4) is 0 Å². The summed E-state index contributed by atoms with van der Waals surface area (Å²) in [5, 5.41) is 0. The number of rotatable bonds is 6. The van der Waals surface area contributed by atoms with Crippen molar-refractivity contribution in [1.29, 1.82) is 0 Å². The molecule has 5 nitrogen and oxygen atoms in total. The highest BCUT2D eigenvalue weighted by Crippen LogP contribution is 2.69. The minimum absolute atomic E-state index is 0.000506. The van der Waals surface area contributed by atoms with Gasteiger partial charge in [-0.1, -0.05) is 45.9 Å². The largest absolute Gasteiger partial charge is 0.462 e. The fraction of sp³-hybridized carbons (Fsp3) is 0.613. The normalized spacial score (nSPS) is 35.5. The third-order valence-electron chi connectivity index (χ3n) is 9.48. The summed E-state index contributed by atoms with van der Waals surface area (Å²) in [6, 6.07) is 0. The van der Waals surface area contributed by atoms with Crippen molar-refractivity contribution < 1.29 is 23.9 Å². The van der Waals surface area contributed by atoms with Gasteiger partial charge < -0.3 is 4.74 Å². The zero-order valence-electron chi connectivity index (χ0n) is 23.2. The van der Waals surface area contributed by atoms with Crippen LogP contribution < -0.4 is 0 Å². The molecule has 3 aliphatic rings. The molecule has 0 aromatic rings. The maximum absolute atomic E-state index is 13.5. The molecule has 36 heavy (non-hydrogen) atoms. The number of Topliss-reactive ketones (excluding diaryl/α,β-unsaturated/α-hetero) is 1. The zero-order valence-corrected chi connectivity index (χ0v) is 23.2. The molecule has 0 heterocycles. The highest BCUT2D eigenvalue weighted by Gasteiger charge is 2.65. The van der Waals surface area contributed by atoms with Crippen molar-refractivity contribution in [2.24, 2.45) is 28.1 Å². The first-order valence-corrected chi connectivity index (χ1v) is 13.1. The highest BCUT2D eigenvalue weighted by molar-refractivity contribution is 6.07. The van der Waals surface area contributed by atoms with E-state index in [2.05, 4.69) is 27.7 Å². The number of carbonyl (C=O) groups excluding carboxylic acids is 4. The van der Waals surface area contributed by atoms with Crippen LogP contribution in [0.4, 0.5) is 0 Å².